The molecule has 23 heavy (non-hydrogen) atoms. The Morgan fingerprint density at radius 1 is 1.22 bits per heavy atom. The number of aliphatic hydroxyl groups excluding tert-OH is 1. The lowest BCUT2D eigenvalue weighted by atomic mass is 10.2. The molecule has 2 fully saturated rings. The monoisotopic (exact) mass is 319 g/mol. The van der Waals surface area contributed by atoms with Crippen LogP contribution < -0.4 is 10.5 Å². The Morgan fingerprint density at radius 3 is 2.48 bits per heavy atom. The van der Waals surface area contributed by atoms with Crippen molar-refractivity contribution >= 4 is 5.91 Å². The molecule has 126 valence electrons. The summed E-state index contributed by atoms with van der Waals surface area (Å²) in [6, 6.07) is 9.48. The van der Waals surface area contributed by atoms with E-state index in [1.54, 1.807) is 0 Å². The van der Waals surface area contributed by atoms with Gasteiger partial charge in [0.1, 0.15) is 18.5 Å². The topological polar surface area (TPSA) is 79.0 Å². The molecule has 1 amide bonds. The molecule has 1 atom stereocenters. The van der Waals surface area contributed by atoms with Crippen LogP contribution in [0.2, 0.25) is 0 Å². The second kappa shape index (κ2) is 6.86. The SMILES string of the molecule is NC1(C(=O)N2CCN(CC(O)COc3ccccc3)CC2)CC1. The molecule has 1 aromatic carbocycles. The molecule has 6 heteroatoms. The number of rotatable bonds is 6. The summed E-state index contributed by atoms with van der Waals surface area (Å²) in [6.45, 7) is 3.74. The van der Waals surface area contributed by atoms with E-state index in [1.165, 1.54) is 0 Å². The van der Waals surface area contributed by atoms with Crippen LogP contribution in [-0.2, 0) is 4.79 Å². The summed E-state index contributed by atoms with van der Waals surface area (Å²) in [5.41, 5.74) is 5.39. The van der Waals surface area contributed by atoms with E-state index in [9.17, 15) is 9.90 Å². The number of hydrogen-bond acceptors (Lipinski definition) is 5. The molecule has 3 N–H and O–H groups in total. The summed E-state index contributed by atoms with van der Waals surface area (Å²) in [6.07, 6.45) is 1.07. The van der Waals surface area contributed by atoms with Gasteiger partial charge in [0.2, 0.25) is 5.91 Å². The van der Waals surface area contributed by atoms with Crippen molar-refractivity contribution in [1.82, 2.24) is 9.80 Å². The first-order valence-electron chi connectivity index (χ1n) is 8.23. The molecule has 6 nitrogen and oxygen atoms in total. The molecule has 0 radical (unpaired) electrons. The van der Waals surface area contributed by atoms with E-state index < -0.39 is 11.6 Å². The van der Waals surface area contributed by atoms with Crippen molar-refractivity contribution in [3.63, 3.8) is 0 Å². The molecule has 1 heterocycles. The highest BCUT2D eigenvalue weighted by molar-refractivity contribution is 5.89. The molecule has 3 rings (SSSR count). The first-order valence-corrected chi connectivity index (χ1v) is 8.23. The Hall–Kier alpha value is -1.63. The van der Waals surface area contributed by atoms with Crippen LogP contribution in [0.25, 0.3) is 0 Å². The van der Waals surface area contributed by atoms with Gasteiger partial charge in [0.25, 0.3) is 0 Å². The predicted octanol–water partition coefficient (Wildman–Crippen LogP) is 0.0618. The fraction of sp³-hybridized carbons (Fsp3) is 0.588. The number of hydrogen-bond donors (Lipinski definition) is 2. The smallest absolute Gasteiger partial charge is 0.242 e. The standard InChI is InChI=1S/C17H25N3O3/c18-17(6-7-17)16(22)20-10-8-19(9-11-20)12-14(21)13-23-15-4-2-1-3-5-15/h1-5,14,21H,6-13,18H2. The predicted molar refractivity (Wildman–Crippen MR) is 87.1 cm³/mol. The highest BCUT2D eigenvalue weighted by Gasteiger charge is 2.48. The number of amides is 1. The Kier molecular flexibility index (Phi) is 4.84. The number of nitrogens with zero attached hydrogens (tertiary/aromatic N) is 2. The highest BCUT2D eigenvalue weighted by Crippen LogP contribution is 2.34. The minimum atomic E-state index is -0.578. The summed E-state index contributed by atoms with van der Waals surface area (Å²) in [7, 11) is 0. The summed E-state index contributed by atoms with van der Waals surface area (Å²) in [5.74, 6) is 0.852. The van der Waals surface area contributed by atoms with E-state index in [4.69, 9.17) is 10.5 Å². The van der Waals surface area contributed by atoms with Gasteiger partial charge in [0.15, 0.2) is 0 Å². The number of aliphatic hydroxyl groups is 1. The molecular formula is C17H25N3O3. The van der Waals surface area contributed by atoms with E-state index in [0.29, 0.717) is 19.6 Å². The number of ether oxygens (including phenoxy) is 1. The Morgan fingerprint density at radius 2 is 1.87 bits per heavy atom. The first-order chi connectivity index (χ1) is 11.1. The zero-order chi connectivity index (χ0) is 16.3. The number of para-hydroxylation sites is 1. The van der Waals surface area contributed by atoms with Crippen LogP contribution in [0.4, 0.5) is 0 Å². The largest absolute Gasteiger partial charge is 0.491 e. The van der Waals surface area contributed by atoms with Gasteiger partial charge in [-0.3, -0.25) is 9.69 Å². The number of benzene rings is 1. The van der Waals surface area contributed by atoms with Gasteiger partial charge in [-0.25, -0.2) is 0 Å². The minimum Gasteiger partial charge on any atom is -0.491 e. The fourth-order valence-electron chi connectivity index (χ4n) is 2.86. The third kappa shape index (κ3) is 4.22. The lowest BCUT2D eigenvalue weighted by Gasteiger charge is -2.36. The third-order valence-corrected chi connectivity index (χ3v) is 4.53. The van der Waals surface area contributed by atoms with Gasteiger partial charge in [-0.2, -0.15) is 0 Å². The van der Waals surface area contributed by atoms with Gasteiger partial charge >= 0.3 is 0 Å². The van der Waals surface area contributed by atoms with Crippen molar-refractivity contribution in [2.45, 2.75) is 24.5 Å². The number of carbonyl (C=O) groups excluding carboxylic acids is 1. The highest BCUT2D eigenvalue weighted by atomic mass is 16.5. The molecule has 1 saturated heterocycles. The summed E-state index contributed by atoms with van der Waals surface area (Å²) in [4.78, 5) is 16.2. The van der Waals surface area contributed by atoms with Gasteiger partial charge in [-0.1, -0.05) is 18.2 Å². The Labute approximate surface area is 136 Å². The maximum atomic E-state index is 12.2. The van der Waals surface area contributed by atoms with Crippen molar-refractivity contribution in [3.8, 4) is 5.75 Å². The minimum absolute atomic E-state index is 0.0881. The normalized spacial score (nSPS) is 21.7. The van der Waals surface area contributed by atoms with Crippen molar-refractivity contribution in [2.24, 2.45) is 5.73 Å². The van der Waals surface area contributed by atoms with E-state index >= 15 is 0 Å². The zero-order valence-corrected chi connectivity index (χ0v) is 13.4. The van der Waals surface area contributed by atoms with E-state index in [2.05, 4.69) is 4.90 Å². The molecule has 1 aliphatic carbocycles. The molecule has 1 unspecified atom stereocenters. The average molecular weight is 319 g/mol. The van der Waals surface area contributed by atoms with Crippen molar-refractivity contribution in [3.05, 3.63) is 30.3 Å². The molecule has 1 saturated carbocycles. The van der Waals surface area contributed by atoms with Crippen LogP contribution in [0.15, 0.2) is 30.3 Å². The lowest BCUT2D eigenvalue weighted by molar-refractivity contribution is -0.135. The molecule has 0 aromatic heterocycles. The average Bonchev–Trinajstić information content (AvgIpc) is 3.33. The first kappa shape index (κ1) is 16.2. The van der Waals surface area contributed by atoms with E-state index in [1.807, 2.05) is 35.2 Å². The maximum Gasteiger partial charge on any atom is 0.242 e. The van der Waals surface area contributed by atoms with Crippen LogP contribution in [-0.4, -0.2) is 71.8 Å². The molecular weight excluding hydrogens is 294 g/mol. The van der Waals surface area contributed by atoms with Crippen molar-refractivity contribution in [1.29, 1.82) is 0 Å². The van der Waals surface area contributed by atoms with E-state index in [0.717, 1.165) is 31.7 Å². The van der Waals surface area contributed by atoms with Crippen molar-refractivity contribution in [2.75, 3.05) is 39.3 Å². The van der Waals surface area contributed by atoms with Crippen LogP contribution in [0.3, 0.4) is 0 Å². The van der Waals surface area contributed by atoms with Gasteiger partial charge in [0.05, 0.1) is 5.54 Å². The van der Waals surface area contributed by atoms with Crippen LogP contribution in [0, 0.1) is 0 Å². The summed E-state index contributed by atoms with van der Waals surface area (Å²) in [5, 5.41) is 10.1. The van der Waals surface area contributed by atoms with Gasteiger partial charge in [-0.05, 0) is 25.0 Å². The zero-order valence-electron chi connectivity index (χ0n) is 13.4. The van der Waals surface area contributed by atoms with Crippen LogP contribution in [0.5, 0.6) is 5.75 Å². The lowest BCUT2D eigenvalue weighted by Crippen LogP contribution is -2.55. The van der Waals surface area contributed by atoms with Crippen molar-refractivity contribution < 1.29 is 14.6 Å². The molecule has 2 aliphatic rings. The second-order valence-electron chi connectivity index (χ2n) is 6.53. The number of nitrogens with two attached hydrogens (primary N) is 1. The van der Waals surface area contributed by atoms with Gasteiger partial charge in [-0.15, -0.1) is 0 Å². The Bertz CT molecular complexity index is 525. The summed E-state index contributed by atoms with van der Waals surface area (Å²) < 4.78 is 5.56. The van der Waals surface area contributed by atoms with Gasteiger partial charge < -0.3 is 20.5 Å². The van der Waals surface area contributed by atoms with Crippen LogP contribution in [0.1, 0.15) is 12.8 Å². The van der Waals surface area contributed by atoms with Gasteiger partial charge in [0, 0.05) is 32.7 Å². The molecule has 0 spiro atoms. The van der Waals surface area contributed by atoms with E-state index in [-0.39, 0.29) is 12.5 Å². The fourth-order valence-corrected chi connectivity index (χ4v) is 2.86. The molecule has 1 aromatic rings. The summed E-state index contributed by atoms with van der Waals surface area (Å²) >= 11 is 0. The van der Waals surface area contributed by atoms with Crippen LogP contribution >= 0.6 is 0 Å². The second-order valence-corrected chi connectivity index (χ2v) is 6.53. The number of carbonyl (C=O) groups is 1. The number of β-amino-alcohol motifs (C(OH)–C–C–N with tert-alkyl or cyclic N) is 1. The number of piperazine rings is 1. The maximum absolute atomic E-state index is 12.2. The molecule has 0 bridgehead atoms. The quantitative estimate of drug-likeness (QED) is 0.775. The molecule has 1 aliphatic heterocycles. The Balaban J connectivity index is 1.37. The third-order valence-electron chi connectivity index (χ3n) is 4.53.